The first-order valence-corrected chi connectivity index (χ1v) is 10.6. The number of ether oxygens (including phenoxy) is 1. The molecule has 1 aliphatic heterocycles. The number of hydrogen-bond donors (Lipinski definition) is 5. The Kier molecular flexibility index (Phi) is 8.97. The summed E-state index contributed by atoms with van der Waals surface area (Å²) >= 11 is 0. The second-order valence-corrected chi connectivity index (χ2v) is 8.21. The molecule has 2 rings (SSSR count). The Bertz CT molecular complexity index is 778. The third-order valence-electron chi connectivity index (χ3n) is 5.05. The van der Waals surface area contributed by atoms with Crippen molar-refractivity contribution in [2.75, 3.05) is 31.7 Å². The highest BCUT2D eigenvalue weighted by atomic mass is 16.6. The van der Waals surface area contributed by atoms with E-state index in [1.807, 2.05) is 26.8 Å². The second-order valence-electron chi connectivity index (χ2n) is 8.21. The van der Waals surface area contributed by atoms with E-state index in [0.717, 1.165) is 18.7 Å². The van der Waals surface area contributed by atoms with Crippen molar-refractivity contribution >= 4 is 23.3 Å². The molecule has 2 amide bonds. The van der Waals surface area contributed by atoms with Crippen LogP contribution in [0, 0.1) is 5.92 Å². The average Bonchev–Trinajstić information content (AvgIpc) is 3.56. The van der Waals surface area contributed by atoms with Gasteiger partial charge in [-0.1, -0.05) is 26.8 Å². The van der Waals surface area contributed by atoms with Gasteiger partial charge in [0.2, 0.25) is 5.91 Å². The van der Waals surface area contributed by atoms with Crippen molar-refractivity contribution in [1.29, 1.82) is 0 Å². The van der Waals surface area contributed by atoms with Gasteiger partial charge in [0.1, 0.15) is 6.04 Å². The van der Waals surface area contributed by atoms with Gasteiger partial charge in [0.15, 0.2) is 11.4 Å². The molecular formula is C22H33N3O6. The van der Waals surface area contributed by atoms with Crippen molar-refractivity contribution in [3.63, 3.8) is 0 Å². The first-order valence-electron chi connectivity index (χ1n) is 10.6. The van der Waals surface area contributed by atoms with Crippen LogP contribution in [-0.2, 0) is 14.3 Å². The van der Waals surface area contributed by atoms with Gasteiger partial charge in [-0.05, 0) is 37.0 Å². The first kappa shape index (κ1) is 24.8. The monoisotopic (exact) mass is 435 g/mol. The largest absolute Gasteiger partial charge is 0.394 e. The molecule has 3 atom stereocenters. The van der Waals surface area contributed by atoms with Crippen LogP contribution in [0.25, 0.3) is 0 Å². The van der Waals surface area contributed by atoms with Crippen molar-refractivity contribution in [2.24, 2.45) is 5.92 Å². The third kappa shape index (κ3) is 6.75. The minimum absolute atomic E-state index is 0.0873. The lowest BCUT2D eigenvalue weighted by Crippen LogP contribution is -2.55. The molecule has 172 valence electrons. The molecule has 0 aliphatic carbocycles. The molecule has 1 aliphatic rings. The number of rotatable bonds is 13. The molecule has 1 aromatic rings. The molecule has 2 unspecified atom stereocenters. The topological polar surface area (TPSA) is 140 Å². The van der Waals surface area contributed by atoms with E-state index >= 15 is 0 Å². The number of amides is 2. The van der Waals surface area contributed by atoms with Crippen LogP contribution in [0.2, 0.25) is 0 Å². The average molecular weight is 436 g/mol. The SMILES string of the molecule is CCCNc1cccc(C(=O)N[C@@H](CO)C(=O)NC(CC(C)C)C(=O)C2(CO)CO2)c1. The lowest BCUT2D eigenvalue weighted by Gasteiger charge is -2.24. The van der Waals surface area contributed by atoms with E-state index in [-0.39, 0.29) is 12.5 Å². The van der Waals surface area contributed by atoms with Crippen LogP contribution in [0.4, 0.5) is 5.69 Å². The molecule has 31 heavy (non-hydrogen) atoms. The number of carbonyl (C=O) groups is 3. The van der Waals surface area contributed by atoms with Crippen molar-refractivity contribution in [1.82, 2.24) is 10.6 Å². The Morgan fingerprint density at radius 2 is 1.87 bits per heavy atom. The number of anilines is 1. The molecule has 0 radical (unpaired) electrons. The maximum Gasteiger partial charge on any atom is 0.252 e. The van der Waals surface area contributed by atoms with Gasteiger partial charge in [-0.2, -0.15) is 0 Å². The summed E-state index contributed by atoms with van der Waals surface area (Å²) in [6.07, 6.45) is 1.27. The van der Waals surface area contributed by atoms with Crippen molar-refractivity contribution < 1.29 is 29.3 Å². The molecule has 0 spiro atoms. The number of epoxide rings is 1. The summed E-state index contributed by atoms with van der Waals surface area (Å²) in [6.45, 7) is 5.61. The summed E-state index contributed by atoms with van der Waals surface area (Å²) in [5.41, 5.74) is -0.148. The van der Waals surface area contributed by atoms with Crippen molar-refractivity contribution in [3.05, 3.63) is 29.8 Å². The number of carbonyl (C=O) groups excluding carboxylic acids is 3. The summed E-state index contributed by atoms with van der Waals surface area (Å²) in [5, 5.41) is 27.4. The molecule has 0 saturated carbocycles. The van der Waals surface area contributed by atoms with Gasteiger partial charge < -0.3 is 30.9 Å². The molecule has 9 nitrogen and oxygen atoms in total. The molecule has 9 heteroatoms. The number of aliphatic hydroxyl groups is 2. The zero-order valence-electron chi connectivity index (χ0n) is 18.3. The molecular weight excluding hydrogens is 402 g/mol. The zero-order chi connectivity index (χ0) is 23.0. The summed E-state index contributed by atoms with van der Waals surface area (Å²) in [7, 11) is 0. The number of nitrogens with one attached hydrogen (secondary N) is 3. The van der Waals surface area contributed by atoms with Gasteiger partial charge in [0, 0.05) is 17.8 Å². The summed E-state index contributed by atoms with van der Waals surface area (Å²) in [5.74, 6) is -1.51. The van der Waals surface area contributed by atoms with E-state index in [9.17, 15) is 24.6 Å². The summed E-state index contributed by atoms with van der Waals surface area (Å²) in [4.78, 5) is 38.1. The fraction of sp³-hybridized carbons (Fsp3) is 0.591. The number of Topliss-reactive ketones (excluding diaryl/α,β-unsaturated/α-hetero) is 1. The zero-order valence-corrected chi connectivity index (χ0v) is 18.3. The smallest absolute Gasteiger partial charge is 0.252 e. The Balaban J connectivity index is 2.05. The van der Waals surface area contributed by atoms with Crippen LogP contribution in [0.15, 0.2) is 24.3 Å². The number of benzene rings is 1. The van der Waals surface area contributed by atoms with E-state index in [4.69, 9.17) is 4.74 Å². The maximum atomic E-state index is 12.8. The number of hydrogen-bond acceptors (Lipinski definition) is 7. The fourth-order valence-corrected chi connectivity index (χ4v) is 3.17. The molecule has 1 aromatic carbocycles. The van der Waals surface area contributed by atoms with Crippen molar-refractivity contribution in [2.45, 2.75) is 51.3 Å². The van der Waals surface area contributed by atoms with Gasteiger partial charge in [-0.3, -0.25) is 14.4 Å². The van der Waals surface area contributed by atoms with Crippen molar-refractivity contribution in [3.8, 4) is 0 Å². The van der Waals surface area contributed by atoms with E-state index in [1.54, 1.807) is 18.2 Å². The van der Waals surface area contributed by atoms with Gasteiger partial charge in [0.25, 0.3) is 5.91 Å². The standard InChI is InChI=1S/C22H33N3O6/c1-4-8-23-16-7-5-6-15(10-16)20(29)25-18(11-26)21(30)24-17(9-14(2)3)19(28)22(12-27)13-31-22/h5-7,10,14,17-18,23,26-27H,4,8-9,11-13H2,1-3H3,(H,24,30)(H,25,29)/t17?,18-,22?/m0/s1. The highest BCUT2D eigenvalue weighted by Crippen LogP contribution is 2.30. The Morgan fingerprint density at radius 1 is 1.16 bits per heavy atom. The van der Waals surface area contributed by atoms with E-state index < -0.39 is 48.5 Å². The van der Waals surface area contributed by atoms with E-state index in [1.165, 1.54) is 0 Å². The van der Waals surface area contributed by atoms with Crippen LogP contribution in [0.1, 0.15) is 44.0 Å². The number of ketones is 1. The van der Waals surface area contributed by atoms with Gasteiger partial charge in [-0.15, -0.1) is 0 Å². The molecule has 0 bridgehead atoms. The lowest BCUT2D eigenvalue weighted by atomic mass is 9.92. The first-order chi connectivity index (χ1) is 14.8. The van der Waals surface area contributed by atoms with E-state index in [0.29, 0.717) is 12.0 Å². The molecule has 1 heterocycles. The van der Waals surface area contributed by atoms with Crippen LogP contribution >= 0.6 is 0 Å². The highest BCUT2D eigenvalue weighted by Gasteiger charge is 2.54. The Morgan fingerprint density at radius 3 is 2.42 bits per heavy atom. The third-order valence-corrected chi connectivity index (χ3v) is 5.05. The molecule has 5 N–H and O–H groups in total. The number of aliphatic hydroxyl groups excluding tert-OH is 2. The van der Waals surface area contributed by atoms with Crippen LogP contribution < -0.4 is 16.0 Å². The fourth-order valence-electron chi connectivity index (χ4n) is 3.17. The minimum Gasteiger partial charge on any atom is -0.394 e. The van der Waals surface area contributed by atoms with Gasteiger partial charge in [0.05, 0.1) is 25.9 Å². The minimum atomic E-state index is -1.27. The van der Waals surface area contributed by atoms with Crippen LogP contribution in [0.3, 0.4) is 0 Å². The quantitative estimate of drug-likeness (QED) is 0.284. The predicted octanol–water partition coefficient (Wildman–Crippen LogP) is 0.461. The maximum absolute atomic E-state index is 12.8. The Hall–Kier alpha value is -2.49. The lowest BCUT2D eigenvalue weighted by molar-refractivity contribution is -0.133. The van der Waals surface area contributed by atoms with Gasteiger partial charge >= 0.3 is 0 Å². The van der Waals surface area contributed by atoms with Crippen LogP contribution in [0.5, 0.6) is 0 Å². The normalized spacial score (nSPS) is 19.4. The molecule has 0 aromatic heterocycles. The summed E-state index contributed by atoms with van der Waals surface area (Å²) < 4.78 is 5.12. The van der Waals surface area contributed by atoms with Crippen LogP contribution in [-0.4, -0.2) is 71.9 Å². The predicted molar refractivity (Wildman–Crippen MR) is 116 cm³/mol. The van der Waals surface area contributed by atoms with Gasteiger partial charge in [-0.25, -0.2) is 0 Å². The van der Waals surface area contributed by atoms with E-state index in [2.05, 4.69) is 16.0 Å². The highest BCUT2D eigenvalue weighted by molar-refractivity contribution is 6.00. The molecule has 1 fully saturated rings. The Labute approximate surface area is 182 Å². The molecule has 1 saturated heterocycles. The second kappa shape index (κ2) is 11.2. The summed E-state index contributed by atoms with van der Waals surface area (Å²) in [6, 6.07) is 4.71.